The van der Waals surface area contributed by atoms with Gasteiger partial charge in [0.2, 0.25) is 0 Å². The monoisotopic (exact) mass is 114 g/mol. The molecule has 0 rings (SSSR count). The zero-order valence-electron chi connectivity index (χ0n) is 3.97. The maximum Gasteiger partial charge on any atom is 0.340 e. The van der Waals surface area contributed by atoms with Crippen LogP contribution in [0.1, 0.15) is 0 Å². The normalized spacial score (nSPS) is 8.00. The Morgan fingerprint density at radius 2 is 1.88 bits per heavy atom. The second kappa shape index (κ2) is 2.11. The molecule has 0 unspecified atom stereocenters. The molecule has 0 bridgehead atoms. The van der Waals surface area contributed by atoms with Gasteiger partial charge in [-0.3, -0.25) is 10.5 Å². The summed E-state index contributed by atoms with van der Waals surface area (Å²) in [6, 6.07) is 0. The third-order valence-corrected chi connectivity index (χ3v) is 0.532. The molecule has 0 atom stereocenters. The van der Waals surface area contributed by atoms with Crippen molar-refractivity contribution in [3.63, 3.8) is 0 Å². The number of hydrogen-bond acceptors (Lipinski definition) is 2. The van der Waals surface area contributed by atoms with E-state index in [0.717, 1.165) is 0 Å². The van der Waals surface area contributed by atoms with Crippen molar-refractivity contribution < 1.29 is 14.7 Å². The molecule has 0 fully saturated rings. The topological polar surface area (TPSA) is 78.2 Å². The van der Waals surface area contributed by atoms with Crippen molar-refractivity contribution in [1.29, 1.82) is 0 Å². The van der Waals surface area contributed by atoms with Crippen LogP contribution in [0.25, 0.3) is 0 Å². The predicted octanol–water partition coefficient (Wildman–Crippen LogP) is -0.563. The summed E-state index contributed by atoms with van der Waals surface area (Å²) in [6.07, 6.45) is 0. The van der Waals surface area contributed by atoms with Crippen LogP contribution in [0.5, 0.6) is 0 Å². The molecule has 0 heterocycles. The Morgan fingerprint density at radius 3 is 1.88 bits per heavy atom. The van der Waals surface area contributed by atoms with Gasteiger partial charge in [-0.05, 0) is 0 Å². The molecule has 43 valence electrons. The lowest BCUT2D eigenvalue weighted by atomic mass is 10.3. The van der Waals surface area contributed by atoms with Crippen molar-refractivity contribution in [2.75, 3.05) is 0 Å². The molecule has 0 aliphatic heterocycles. The number of carboxylic acid groups (broad SMARTS) is 1. The highest BCUT2D eigenvalue weighted by molar-refractivity contribution is 6.13. The first-order chi connectivity index (χ1) is 3.55. The molecule has 4 heteroatoms. The first kappa shape index (κ1) is 6.68. The van der Waals surface area contributed by atoms with Gasteiger partial charge in [-0.2, -0.15) is 0 Å². The average Bonchev–Trinajstić information content (AvgIpc) is 1.64. The molecule has 0 aliphatic rings. The van der Waals surface area contributed by atoms with E-state index >= 15 is 0 Å². The lowest BCUT2D eigenvalue weighted by molar-refractivity contribution is -0.134. The maximum atomic E-state index is 9.77. The van der Waals surface area contributed by atoms with Crippen LogP contribution in [0.4, 0.5) is 0 Å². The van der Waals surface area contributed by atoms with Gasteiger partial charge in [0.1, 0.15) is 5.57 Å². The van der Waals surface area contributed by atoms with Gasteiger partial charge in [0.05, 0.1) is 0 Å². The highest BCUT2D eigenvalue weighted by Gasteiger charge is 2.09. The minimum atomic E-state index is -1.44. The van der Waals surface area contributed by atoms with Crippen LogP contribution in [0.3, 0.4) is 0 Å². The van der Waals surface area contributed by atoms with Crippen LogP contribution in [-0.4, -0.2) is 17.0 Å². The minimum absolute atomic E-state index is 0.704. The zero-order valence-corrected chi connectivity index (χ0v) is 3.97. The SMILES string of the molecule is C=C(C([NH])=O)C(=O)O. The molecule has 4 nitrogen and oxygen atoms in total. The Hall–Kier alpha value is -1.32. The van der Waals surface area contributed by atoms with Crippen LogP contribution in [-0.2, 0) is 9.59 Å². The van der Waals surface area contributed by atoms with E-state index in [1.54, 1.807) is 0 Å². The summed E-state index contributed by atoms with van der Waals surface area (Å²) in [6.45, 7) is 2.82. The summed E-state index contributed by atoms with van der Waals surface area (Å²) >= 11 is 0. The minimum Gasteiger partial charge on any atom is -0.478 e. The van der Waals surface area contributed by atoms with Crippen LogP contribution in [0.2, 0.25) is 0 Å². The number of rotatable bonds is 2. The van der Waals surface area contributed by atoms with Gasteiger partial charge in [-0.1, -0.05) is 6.58 Å². The quantitative estimate of drug-likeness (QED) is 0.297. The van der Waals surface area contributed by atoms with Crippen molar-refractivity contribution in [2.24, 2.45) is 0 Å². The van der Waals surface area contributed by atoms with Gasteiger partial charge in [0.15, 0.2) is 0 Å². The van der Waals surface area contributed by atoms with E-state index < -0.39 is 17.4 Å². The highest BCUT2D eigenvalue weighted by atomic mass is 16.4. The molecule has 0 saturated carbocycles. The van der Waals surface area contributed by atoms with Crippen molar-refractivity contribution in [1.82, 2.24) is 5.73 Å². The molecule has 0 aromatic carbocycles. The van der Waals surface area contributed by atoms with Crippen LogP contribution >= 0.6 is 0 Å². The standard InChI is InChI=1S/C4H4NO3/c1-2(3(5)6)4(7)8/h5H,1H2,(H,7,8). The van der Waals surface area contributed by atoms with Gasteiger partial charge in [0.25, 0.3) is 5.91 Å². The number of carboxylic acids is 1. The molecule has 0 aromatic heterocycles. The fourth-order valence-corrected chi connectivity index (χ4v) is 0.0971. The Balaban J connectivity index is 4.05. The van der Waals surface area contributed by atoms with Crippen molar-refractivity contribution in [2.45, 2.75) is 0 Å². The predicted molar refractivity (Wildman–Crippen MR) is 24.9 cm³/mol. The van der Waals surface area contributed by atoms with E-state index in [9.17, 15) is 9.59 Å². The van der Waals surface area contributed by atoms with Gasteiger partial charge in [0, 0.05) is 0 Å². The van der Waals surface area contributed by atoms with Gasteiger partial charge < -0.3 is 5.11 Å². The zero-order chi connectivity index (χ0) is 6.73. The second-order valence-electron chi connectivity index (χ2n) is 1.11. The molecule has 2 N–H and O–H groups in total. The Morgan fingerprint density at radius 1 is 1.50 bits per heavy atom. The summed E-state index contributed by atoms with van der Waals surface area (Å²) in [5, 5.41) is 7.91. The van der Waals surface area contributed by atoms with Crippen molar-refractivity contribution in [3.8, 4) is 0 Å². The number of hydrogen-bond donors (Lipinski definition) is 1. The van der Waals surface area contributed by atoms with E-state index in [-0.39, 0.29) is 0 Å². The molecular formula is C4H4NO3. The molecular weight excluding hydrogens is 110 g/mol. The summed E-state index contributed by atoms with van der Waals surface area (Å²) < 4.78 is 0. The van der Waals surface area contributed by atoms with Gasteiger partial charge in [-0.25, -0.2) is 4.79 Å². The van der Waals surface area contributed by atoms with Gasteiger partial charge >= 0.3 is 5.97 Å². The fourth-order valence-electron chi connectivity index (χ4n) is 0.0971. The van der Waals surface area contributed by atoms with Crippen LogP contribution < -0.4 is 5.73 Å². The first-order valence-corrected chi connectivity index (χ1v) is 1.74. The highest BCUT2D eigenvalue weighted by Crippen LogP contribution is 1.85. The number of amides is 1. The Labute approximate surface area is 45.6 Å². The van der Waals surface area contributed by atoms with Crippen molar-refractivity contribution in [3.05, 3.63) is 12.2 Å². The second-order valence-corrected chi connectivity index (χ2v) is 1.11. The lowest BCUT2D eigenvalue weighted by Crippen LogP contribution is -2.10. The number of carbonyl (C=O) groups is 2. The first-order valence-electron chi connectivity index (χ1n) is 1.74. The van der Waals surface area contributed by atoms with E-state index in [1.807, 2.05) is 0 Å². The number of aliphatic carboxylic acids is 1. The smallest absolute Gasteiger partial charge is 0.340 e. The van der Waals surface area contributed by atoms with E-state index in [1.165, 1.54) is 0 Å². The molecule has 0 aromatic rings. The summed E-state index contributed by atoms with van der Waals surface area (Å²) in [4.78, 5) is 19.5. The molecule has 0 spiro atoms. The fraction of sp³-hybridized carbons (Fsp3) is 0. The van der Waals surface area contributed by atoms with Crippen molar-refractivity contribution >= 4 is 11.9 Å². The average molecular weight is 114 g/mol. The van der Waals surface area contributed by atoms with Gasteiger partial charge in [-0.15, -0.1) is 0 Å². The number of nitrogens with one attached hydrogen (secondary N) is 1. The van der Waals surface area contributed by atoms with E-state index in [2.05, 4.69) is 6.58 Å². The van der Waals surface area contributed by atoms with E-state index in [0.29, 0.717) is 0 Å². The lowest BCUT2D eigenvalue weighted by Gasteiger charge is -1.86. The molecule has 8 heavy (non-hydrogen) atoms. The summed E-state index contributed by atoms with van der Waals surface area (Å²) in [5.74, 6) is -2.69. The summed E-state index contributed by atoms with van der Waals surface area (Å²) in [5.41, 5.74) is 5.49. The molecule has 0 aliphatic carbocycles. The van der Waals surface area contributed by atoms with E-state index in [4.69, 9.17) is 10.8 Å². The third-order valence-electron chi connectivity index (χ3n) is 0.532. The van der Waals surface area contributed by atoms with Crippen LogP contribution in [0, 0.1) is 0 Å². The maximum absolute atomic E-state index is 9.77. The molecule has 1 radical (unpaired) electrons. The van der Waals surface area contributed by atoms with Crippen LogP contribution in [0.15, 0.2) is 12.2 Å². The largest absolute Gasteiger partial charge is 0.478 e. The Kier molecular flexibility index (Phi) is 1.76. The summed E-state index contributed by atoms with van der Waals surface area (Å²) in [7, 11) is 0. The third kappa shape index (κ3) is 1.42. The number of carbonyl (C=O) groups excluding carboxylic acids is 1. The molecule has 0 saturated heterocycles. The Bertz CT molecular complexity index is 133. The molecule has 1 amide bonds.